The predicted octanol–water partition coefficient (Wildman–Crippen LogP) is 1.62. The molecule has 0 spiro atoms. The Morgan fingerprint density at radius 1 is 1.44 bits per heavy atom. The summed E-state index contributed by atoms with van der Waals surface area (Å²) < 4.78 is 1.61. The maximum absolute atomic E-state index is 11.6. The summed E-state index contributed by atoms with van der Waals surface area (Å²) in [6.45, 7) is 2.63. The van der Waals surface area contributed by atoms with Gasteiger partial charge in [0.1, 0.15) is 0 Å². The number of hydrogen-bond acceptors (Lipinski definition) is 4. The third kappa shape index (κ3) is 2.65. The van der Waals surface area contributed by atoms with Crippen LogP contribution < -0.4 is 5.69 Å². The Bertz CT molecular complexity index is 577. The number of aliphatic hydroxyl groups excluding tert-OH is 1. The smallest absolute Gasteiger partial charge is 0.343 e. The number of rotatable bonds is 5. The molecule has 2 aromatic rings. The number of hydrogen-bond donors (Lipinski definition) is 2. The molecule has 0 aliphatic carbocycles. The zero-order valence-electron chi connectivity index (χ0n) is 10.1. The van der Waals surface area contributed by atoms with Gasteiger partial charge in [0.15, 0.2) is 5.16 Å². The molecule has 5 nitrogen and oxygen atoms in total. The third-order valence-corrected chi connectivity index (χ3v) is 3.63. The van der Waals surface area contributed by atoms with Crippen molar-refractivity contribution in [2.75, 3.05) is 0 Å². The Kier molecular flexibility index (Phi) is 4.22. The highest BCUT2D eigenvalue weighted by atomic mass is 32.2. The van der Waals surface area contributed by atoms with Gasteiger partial charge in [0.2, 0.25) is 0 Å². The number of aromatic amines is 1. The first-order valence-corrected chi connectivity index (χ1v) is 6.59. The lowest BCUT2D eigenvalue weighted by Crippen LogP contribution is -2.17. The van der Waals surface area contributed by atoms with E-state index < -0.39 is 0 Å². The lowest BCUT2D eigenvalue weighted by Gasteiger charge is -2.06. The minimum Gasteiger partial charge on any atom is -0.392 e. The summed E-state index contributed by atoms with van der Waals surface area (Å²) in [5.74, 6) is 0. The average Bonchev–Trinajstić information content (AvgIpc) is 2.73. The molecule has 0 aliphatic heterocycles. The van der Waals surface area contributed by atoms with Gasteiger partial charge in [-0.3, -0.25) is 4.57 Å². The van der Waals surface area contributed by atoms with E-state index in [2.05, 4.69) is 10.2 Å². The fourth-order valence-corrected chi connectivity index (χ4v) is 2.62. The molecule has 0 bridgehead atoms. The second kappa shape index (κ2) is 5.88. The average molecular weight is 265 g/mol. The van der Waals surface area contributed by atoms with Crippen LogP contribution in [0.25, 0.3) is 0 Å². The SMILES string of the molecule is CCCn1c(Sc2ccccc2CO)n[nH]c1=O. The Balaban J connectivity index is 2.31. The molecule has 0 aliphatic rings. The molecule has 0 atom stereocenters. The number of H-pyrrole nitrogens is 1. The summed E-state index contributed by atoms with van der Waals surface area (Å²) in [7, 11) is 0. The van der Waals surface area contributed by atoms with Gasteiger partial charge < -0.3 is 5.11 Å². The first-order chi connectivity index (χ1) is 8.76. The van der Waals surface area contributed by atoms with E-state index in [1.165, 1.54) is 11.8 Å². The van der Waals surface area contributed by atoms with Crippen LogP contribution in [0.5, 0.6) is 0 Å². The Labute approximate surface area is 109 Å². The Morgan fingerprint density at radius 3 is 2.94 bits per heavy atom. The van der Waals surface area contributed by atoms with E-state index in [1.807, 2.05) is 31.2 Å². The van der Waals surface area contributed by atoms with Crippen molar-refractivity contribution in [2.24, 2.45) is 0 Å². The molecule has 0 amide bonds. The molecule has 0 saturated heterocycles. The summed E-state index contributed by atoms with van der Waals surface area (Å²) in [6, 6.07) is 7.54. The van der Waals surface area contributed by atoms with Gasteiger partial charge in [-0.1, -0.05) is 25.1 Å². The van der Waals surface area contributed by atoms with Crippen LogP contribution in [0.4, 0.5) is 0 Å². The highest BCUT2D eigenvalue weighted by Crippen LogP contribution is 2.28. The molecule has 1 aromatic carbocycles. The van der Waals surface area contributed by atoms with Crippen LogP contribution in [0.15, 0.2) is 39.1 Å². The number of benzene rings is 1. The zero-order valence-corrected chi connectivity index (χ0v) is 10.9. The van der Waals surface area contributed by atoms with Crippen LogP contribution in [0.1, 0.15) is 18.9 Å². The monoisotopic (exact) mass is 265 g/mol. The highest BCUT2D eigenvalue weighted by molar-refractivity contribution is 7.99. The topological polar surface area (TPSA) is 70.9 Å². The van der Waals surface area contributed by atoms with Crippen LogP contribution in [0, 0.1) is 0 Å². The number of nitrogens with zero attached hydrogens (tertiary/aromatic N) is 2. The second-order valence-corrected chi connectivity index (χ2v) is 4.84. The van der Waals surface area contributed by atoms with Gasteiger partial charge in [0.05, 0.1) is 6.61 Å². The molecule has 18 heavy (non-hydrogen) atoms. The van der Waals surface area contributed by atoms with Crippen molar-refractivity contribution in [3.05, 3.63) is 40.3 Å². The molecular formula is C12H15N3O2S. The first-order valence-electron chi connectivity index (χ1n) is 5.78. The standard InChI is InChI=1S/C12H15N3O2S/c1-2-7-15-11(17)13-14-12(15)18-10-6-4-3-5-9(10)8-16/h3-6,16H,2,7-8H2,1H3,(H,13,17). The van der Waals surface area contributed by atoms with Crippen LogP contribution >= 0.6 is 11.8 Å². The highest BCUT2D eigenvalue weighted by Gasteiger charge is 2.11. The molecule has 2 rings (SSSR count). The van der Waals surface area contributed by atoms with Gasteiger partial charge in [-0.15, -0.1) is 5.10 Å². The summed E-state index contributed by atoms with van der Waals surface area (Å²) in [5, 5.41) is 16.4. The maximum atomic E-state index is 11.6. The minimum absolute atomic E-state index is 0.0222. The van der Waals surface area contributed by atoms with Crippen molar-refractivity contribution in [3.63, 3.8) is 0 Å². The number of aromatic nitrogens is 3. The van der Waals surface area contributed by atoms with E-state index in [-0.39, 0.29) is 12.3 Å². The second-order valence-electron chi connectivity index (χ2n) is 3.83. The predicted molar refractivity (Wildman–Crippen MR) is 69.6 cm³/mol. The van der Waals surface area contributed by atoms with E-state index in [9.17, 15) is 9.90 Å². The zero-order chi connectivity index (χ0) is 13.0. The first kappa shape index (κ1) is 12.9. The van der Waals surface area contributed by atoms with Crippen molar-refractivity contribution in [1.82, 2.24) is 14.8 Å². The molecule has 0 radical (unpaired) electrons. The summed E-state index contributed by atoms with van der Waals surface area (Å²) >= 11 is 1.39. The summed E-state index contributed by atoms with van der Waals surface area (Å²) in [5.41, 5.74) is 0.641. The van der Waals surface area contributed by atoms with Gasteiger partial charge in [0.25, 0.3) is 0 Å². The van der Waals surface area contributed by atoms with E-state index >= 15 is 0 Å². The van der Waals surface area contributed by atoms with Crippen molar-refractivity contribution < 1.29 is 5.11 Å². The summed E-state index contributed by atoms with van der Waals surface area (Å²) in [4.78, 5) is 12.5. The van der Waals surface area contributed by atoms with Gasteiger partial charge >= 0.3 is 5.69 Å². The molecule has 0 saturated carbocycles. The quantitative estimate of drug-likeness (QED) is 0.862. The fraction of sp³-hybridized carbons (Fsp3) is 0.333. The molecule has 96 valence electrons. The van der Waals surface area contributed by atoms with Gasteiger partial charge in [-0.05, 0) is 29.8 Å². The van der Waals surface area contributed by atoms with Crippen molar-refractivity contribution in [2.45, 2.75) is 36.5 Å². The molecule has 0 unspecified atom stereocenters. The molecule has 6 heteroatoms. The molecular weight excluding hydrogens is 250 g/mol. The Morgan fingerprint density at radius 2 is 2.22 bits per heavy atom. The fourth-order valence-electron chi connectivity index (χ4n) is 1.63. The lowest BCUT2D eigenvalue weighted by atomic mass is 10.2. The Hall–Kier alpha value is -1.53. The van der Waals surface area contributed by atoms with E-state index in [1.54, 1.807) is 4.57 Å². The van der Waals surface area contributed by atoms with E-state index in [4.69, 9.17) is 0 Å². The van der Waals surface area contributed by atoms with Crippen molar-refractivity contribution >= 4 is 11.8 Å². The largest absolute Gasteiger partial charge is 0.392 e. The van der Waals surface area contributed by atoms with E-state index in [0.717, 1.165) is 16.9 Å². The normalized spacial score (nSPS) is 10.8. The van der Waals surface area contributed by atoms with Gasteiger partial charge in [-0.25, -0.2) is 9.89 Å². The van der Waals surface area contributed by atoms with Crippen LogP contribution in [-0.2, 0) is 13.2 Å². The lowest BCUT2D eigenvalue weighted by molar-refractivity contribution is 0.279. The van der Waals surface area contributed by atoms with E-state index in [0.29, 0.717) is 11.7 Å². The van der Waals surface area contributed by atoms with Crippen LogP contribution in [-0.4, -0.2) is 19.9 Å². The molecule has 1 aromatic heterocycles. The van der Waals surface area contributed by atoms with Gasteiger partial charge in [-0.2, -0.15) is 0 Å². The maximum Gasteiger partial charge on any atom is 0.343 e. The van der Waals surface area contributed by atoms with Gasteiger partial charge in [0, 0.05) is 11.4 Å². The van der Waals surface area contributed by atoms with Crippen molar-refractivity contribution in [1.29, 1.82) is 0 Å². The third-order valence-electron chi connectivity index (χ3n) is 2.51. The summed E-state index contributed by atoms with van der Waals surface area (Å²) in [6.07, 6.45) is 0.870. The van der Waals surface area contributed by atoms with Crippen LogP contribution in [0.3, 0.4) is 0 Å². The molecule has 0 fully saturated rings. The van der Waals surface area contributed by atoms with Crippen molar-refractivity contribution in [3.8, 4) is 0 Å². The minimum atomic E-state index is -0.194. The number of nitrogens with one attached hydrogen (secondary N) is 1. The molecule has 1 heterocycles. The number of aliphatic hydroxyl groups is 1. The van der Waals surface area contributed by atoms with Crippen LogP contribution in [0.2, 0.25) is 0 Å². The molecule has 2 N–H and O–H groups in total.